The molecule has 6 heteroatoms. The van der Waals surface area contributed by atoms with Gasteiger partial charge in [0.15, 0.2) is 5.16 Å². The smallest absolute Gasteiger partial charge is 0.187 e. The maximum absolute atomic E-state index is 9.10. The van der Waals surface area contributed by atoms with Crippen LogP contribution in [0.4, 0.5) is 0 Å². The van der Waals surface area contributed by atoms with E-state index in [9.17, 15) is 0 Å². The molecule has 2 heterocycles. The quantitative estimate of drug-likeness (QED) is 0.634. The Morgan fingerprint density at radius 2 is 2.11 bits per heavy atom. The number of nitrogens with zero attached hydrogens (tertiary/aromatic N) is 4. The lowest BCUT2D eigenvalue weighted by molar-refractivity contribution is 0.0741. The van der Waals surface area contributed by atoms with E-state index >= 15 is 0 Å². The Hall–Kier alpha value is -0.690. The van der Waals surface area contributed by atoms with Crippen molar-refractivity contribution in [2.45, 2.75) is 24.2 Å². The van der Waals surface area contributed by atoms with Crippen molar-refractivity contribution in [3.05, 3.63) is 18.0 Å². The van der Waals surface area contributed by atoms with Crippen LogP contribution in [0.5, 0.6) is 0 Å². The molecular weight excluding hydrogens is 260 g/mol. The van der Waals surface area contributed by atoms with Crippen molar-refractivity contribution in [2.24, 2.45) is 0 Å². The highest BCUT2D eigenvalue weighted by Crippen LogP contribution is 2.14. The van der Waals surface area contributed by atoms with Crippen LogP contribution >= 0.6 is 11.8 Å². The fourth-order valence-electron chi connectivity index (χ4n) is 2.40. The molecule has 0 amide bonds. The average Bonchev–Trinajstić information content (AvgIpc) is 2.44. The lowest BCUT2D eigenvalue weighted by Gasteiger charge is -2.39. The standard InChI is InChI=1S/C13H22N4OS/c1-16-4-5-17(10-12(16)3-6-18)9-11-7-14-13(19-2)15-8-11/h7-8,12,18H,3-6,9-10H2,1-2H3/t12-/m0/s1. The summed E-state index contributed by atoms with van der Waals surface area (Å²) >= 11 is 1.56. The number of aliphatic hydroxyl groups is 1. The van der Waals surface area contributed by atoms with E-state index in [1.807, 2.05) is 18.6 Å². The number of rotatable bonds is 5. The molecule has 1 saturated heterocycles. The third-order valence-electron chi connectivity index (χ3n) is 3.59. The van der Waals surface area contributed by atoms with Gasteiger partial charge in [-0.2, -0.15) is 0 Å². The van der Waals surface area contributed by atoms with E-state index in [1.165, 1.54) is 0 Å². The SMILES string of the molecule is CSc1ncc(CN2CCN(C)[C@@H](CCO)C2)cn1. The van der Waals surface area contributed by atoms with Gasteiger partial charge in [0.25, 0.3) is 0 Å². The summed E-state index contributed by atoms with van der Waals surface area (Å²) in [6.45, 7) is 4.26. The van der Waals surface area contributed by atoms with Crippen molar-refractivity contribution >= 4 is 11.8 Å². The van der Waals surface area contributed by atoms with Crippen LogP contribution in [0.2, 0.25) is 0 Å². The Labute approximate surface area is 119 Å². The highest BCUT2D eigenvalue weighted by Gasteiger charge is 2.23. The minimum Gasteiger partial charge on any atom is -0.396 e. The molecule has 0 aliphatic carbocycles. The number of thioether (sulfide) groups is 1. The van der Waals surface area contributed by atoms with Crippen molar-refractivity contribution in [1.29, 1.82) is 0 Å². The normalized spacial score (nSPS) is 21.7. The van der Waals surface area contributed by atoms with E-state index in [4.69, 9.17) is 5.11 Å². The molecule has 1 fully saturated rings. The van der Waals surface area contributed by atoms with E-state index in [2.05, 4.69) is 26.8 Å². The molecule has 0 unspecified atom stereocenters. The highest BCUT2D eigenvalue weighted by molar-refractivity contribution is 7.98. The zero-order chi connectivity index (χ0) is 13.7. The number of aromatic nitrogens is 2. The molecule has 0 saturated carbocycles. The van der Waals surface area contributed by atoms with Crippen LogP contribution in [0, 0.1) is 0 Å². The number of likely N-dealkylation sites (N-methyl/N-ethyl adjacent to an activating group) is 1. The lowest BCUT2D eigenvalue weighted by atomic mass is 10.1. The maximum atomic E-state index is 9.10. The average molecular weight is 282 g/mol. The summed E-state index contributed by atoms with van der Waals surface area (Å²) in [7, 11) is 2.13. The Morgan fingerprint density at radius 3 is 2.74 bits per heavy atom. The highest BCUT2D eigenvalue weighted by atomic mass is 32.2. The molecule has 2 rings (SSSR count). The Balaban J connectivity index is 1.91. The van der Waals surface area contributed by atoms with Crippen LogP contribution in [-0.4, -0.2) is 70.5 Å². The van der Waals surface area contributed by atoms with Gasteiger partial charge in [-0.1, -0.05) is 11.8 Å². The predicted octanol–water partition coefficient (Wildman–Crippen LogP) is 0.697. The summed E-state index contributed by atoms with van der Waals surface area (Å²) in [6.07, 6.45) is 6.65. The van der Waals surface area contributed by atoms with E-state index in [1.54, 1.807) is 11.8 Å². The largest absolute Gasteiger partial charge is 0.396 e. The molecule has 1 aliphatic heterocycles. The number of aliphatic hydroxyl groups excluding tert-OH is 1. The second-order valence-electron chi connectivity index (χ2n) is 4.96. The zero-order valence-corrected chi connectivity index (χ0v) is 12.4. The summed E-state index contributed by atoms with van der Waals surface area (Å²) in [5.41, 5.74) is 1.16. The van der Waals surface area contributed by atoms with Gasteiger partial charge in [0.2, 0.25) is 0 Å². The molecule has 1 aliphatic rings. The molecule has 19 heavy (non-hydrogen) atoms. The molecule has 0 radical (unpaired) electrons. The second-order valence-corrected chi connectivity index (χ2v) is 5.73. The number of hydrogen-bond acceptors (Lipinski definition) is 6. The first-order valence-corrected chi connectivity index (χ1v) is 7.83. The monoisotopic (exact) mass is 282 g/mol. The van der Waals surface area contributed by atoms with Gasteiger partial charge in [0.05, 0.1) is 0 Å². The van der Waals surface area contributed by atoms with E-state index in [0.717, 1.165) is 43.3 Å². The van der Waals surface area contributed by atoms with E-state index < -0.39 is 0 Å². The molecule has 0 spiro atoms. The van der Waals surface area contributed by atoms with Crippen LogP contribution in [0.25, 0.3) is 0 Å². The van der Waals surface area contributed by atoms with Gasteiger partial charge >= 0.3 is 0 Å². The van der Waals surface area contributed by atoms with Crippen molar-refractivity contribution < 1.29 is 5.11 Å². The van der Waals surface area contributed by atoms with Gasteiger partial charge in [-0.3, -0.25) is 4.90 Å². The van der Waals surface area contributed by atoms with Crippen molar-refractivity contribution in [2.75, 3.05) is 39.5 Å². The first kappa shape index (κ1) is 14.7. The molecular formula is C13H22N4OS. The van der Waals surface area contributed by atoms with Gasteiger partial charge in [-0.15, -0.1) is 0 Å². The van der Waals surface area contributed by atoms with Crippen LogP contribution in [0.1, 0.15) is 12.0 Å². The van der Waals surface area contributed by atoms with Gasteiger partial charge in [-0.05, 0) is 19.7 Å². The summed E-state index contributed by atoms with van der Waals surface area (Å²) in [4.78, 5) is 13.4. The van der Waals surface area contributed by atoms with Gasteiger partial charge < -0.3 is 10.0 Å². The van der Waals surface area contributed by atoms with Gasteiger partial charge in [0, 0.05) is 56.8 Å². The molecule has 1 aromatic heterocycles. The minimum atomic E-state index is 0.258. The Kier molecular flexibility index (Phi) is 5.57. The molecule has 106 valence electrons. The topological polar surface area (TPSA) is 52.5 Å². The van der Waals surface area contributed by atoms with Gasteiger partial charge in [-0.25, -0.2) is 9.97 Å². The molecule has 1 N–H and O–H groups in total. The summed E-state index contributed by atoms with van der Waals surface area (Å²) in [5, 5.41) is 9.92. The third-order valence-corrected chi connectivity index (χ3v) is 4.17. The summed E-state index contributed by atoms with van der Waals surface area (Å²) in [6, 6.07) is 0.449. The summed E-state index contributed by atoms with van der Waals surface area (Å²) < 4.78 is 0. The lowest BCUT2D eigenvalue weighted by Crippen LogP contribution is -2.51. The maximum Gasteiger partial charge on any atom is 0.187 e. The number of piperazine rings is 1. The van der Waals surface area contributed by atoms with Crippen molar-refractivity contribution in [3.8, 4) is 0 Å². The molecule has 5 nitrogen and oxygen atoms in total. The molecule has 0 aromatic carbocycles. The van der Waals surface area contributed by atoms with Crippen LogP contribution in [-0.2, 0) is 6.54 Å². The fourth-order valence-corrected chi connectivity index (χ4v) is 2.72. The minimum absolute atomic E-state index is 0.258. The third kappa shape index (κ3) is 4.14. The first-order chi connectivity index (χ1) is 9.22. The summed E-state index contributed by atoms with van der Waals surface area (Å²) in [5.74, 6) is 0. The van der Waals surface area contributed by atoms with Gasteiger partial charge in [0.1, 0.15) is 0 Å². The fraction of sp³-hybridized carbons (Fsp3) is 0.692. The number of hydrogen-bond donors (Lipinski definition) is 1. The van der Waals surface area contributed by atoms with Crippen LogP contribution < -0.4 is 0 Å². The second kappa shape index (κ2) is 7.19. The van der Waals surface area contributed by atoms with Crippen molar-refractivity contribution in [3.63, 3.8) is 0 Å². The molecule has 1 atom stereocenters. The van der Waals surface area contributed by atoms with E-state index in [0.29, 0.717) is 6.04 Å². The van der Waals surface area contributed by atoms with Crippen LogP contribution in [0.15, 0.2) is 17.6 Å². The van der Waals surface area contributed by atoms with E-state index in [-0.39, 0.29) is 6.61 Å². The zero-order valence-electron chi connectivity index (χ0n) is 11.6. The van der Waals surface area contributed by atoms with Crippen molar-refractivity contribution in [1.82, 2.24) is 19.8 Å². The Morgan fingerprint density at radius 1 is 1.37 bits per heavy atom. The predicted molar refractivity (Wildman–Crippen MR) is 77.2 cm³/mol. The molecule has 0 bridgehead atoms. The Bertz CT molecular complexity index is 387. The van der Waals surface area contributed by atoms with Crippen LogP contribution in [0.3, 0.4) is 0 Å². The molecule has 1 aromatic rings. The first-order valence-electron chi connectivity index (χ1n) is 6.61.